The number of amides is 1. The van der Waals surface area contributed by atoms with E-state index in [1.807, 2.05) is 17.2 Å². The quantitative estimate of drug-likeness (QED) is 0.700. The Morgan fingerprint density at radius 3 is 3.10 bits per heavy atom. The fourth-order valence-corrected chi connectivity index (χ4v) is 4.48. The minimum Gasteiger partial charge on any atom is -0.491 e. The smallest absolute Gasteiger partial charge is 0.224 e. The largest absolute Gasteiger partial charge is 0.491 e. The predicted molar refractivity (Wildman–Crippen MR) is 114 cm³/mol. The number of aryl methyl sites for hydroxylation is 1. The summed E-state index contributed by atoms with van der Waals surface area (Å²) in [5, 5.41) is 4.18. The molecule has 162 valence electrons. The van der Waals surface area contributed by atoms with Crippen molar-refractivity contribution < 1.29 is 14.3 Å². The maximum atomic E-state index is 12.8. The zero-order valence-electron chi connectivity index (χ0n) is 17.8. The monoisotopic (exact) mass is 412 g/mol. The molecule has 1 aromatic heterocycles. The number of ether oxygens (including phenoxy) is 2. The van der Waals surface area contributed by atoms with Crippen molar-refractivity contribution in [2.45, 2.75) is 38.9 Å². The first-order chi connectivity index (χ1) is 14.7. The molecule has 4 rings (SSSR count). The number of aromatic nitrogens is 2. The molecule has 1 fully saturated rings. The molecule has 2 aromatic rings. The molecule has 1 aromatic carbocycles. The van der Waals surface area contributed by atoms with Gasteiger partial charge in [0.1, 0.15) is 12.4 Å². The highest BCUT2D eigenvalue weighted by atomic mass is 16.5. The summed E-state index contributed by atoms with van der Waals surface area (Å²) in [6.07, 6.45) is 6.55. The summed E-state index contributed by atoms with van der Waals surface area (Å²) < 4.78 is 13.1. The van der Waals surface area contributed by atoms with E-state index in [0.29, 0.717) is 38.6 Å². The summed E-state index contributed by atoms with van der Waals surface area (Å²) in [6, 6.07) is 8.32. The number of piperidine rings is 1. The number of likely N-dealkylation sites (tertiary alicyclic amines) is 1. The molecule has 1 saturated heterocycles. The molecule has 0 radical (unpaired) electrons. The van der Waals surface area contributed by atoms with E-state index in [-0.39, 0.29) is 5.91 Å². The topological polar surface area (TPSA) is 59.8 Å². The van der Waals surface area contributed by atoms with Gasteiger partial charge < -0.3 is 14.4 Å². The predicted octanol–water partition coefficient (Wildman–Crippen LogP) is 2.55. The molecule has 30 heavy (non-hydrogen) atoms. The number of methoxy groups -OCH3 is 1. The van der Waals surface area contributed by atoms with Gasteiger partial charge in [0.15, 0.2) is 0 Å². The Morgan fingerprint density at radius 1 is 1.33 bits per heavy atom. The van der Waals surface area contributed by atoms with Crippen molar-refractivity contribution >= 4 is 5.91 Å². The summed E-state index contributed by atoms with van der Waals surface area (Å²) in [7, 11) is 1.79. The molecule has 0 bridgehead atoms. The van der Waals surface area contributed by atoms with E-state index < -0.39 is 0 Å². The first-order valence-corrected chi connectivity index (χ1v) is 10.9. The summed E-state index contributed by atoms with van der Waals surface area (Å²) in [5.74, 6) is 1.67. The van der Waals surface area contributed by atoms with E-state index in [1.165, 1.54) is 18.4 Å². The van der Waals surface area contributed by atoms with Crippen LogP contribution in [0, 0.1) is 5.92 Å². The minimum absolute atomic E-state index is 0.144. The summed E-state index contributed by atoms with van der Waals surface area (Å²) in [5.41, 5.74) is 2.38. The van der Waals surface area contributed by atoms with Crippen molar-refractivity contribution in [1.29, 1.82) is 0 Å². The Kier molecular flexibility index (Phi) is 7.02. The van der Waals surface area contributed by atoms with Crippen LogP contribution in [0.2, 0.25) is 0 Å². The van der Waals surface area contributed by atoms with Gasteiger partial charge in [-0.3, -0.25) is 14.4 Å². The fraction of sp³-hybridized carbons (Fsp3) is 0.565. The van der Waals surface area contributed by atoms with Gasteiger partial charge in [-0.2, -0.15) is 5.10 Å². The van der Waals surface area contributed by atoms with Crippen molar-refractivity contribution in [3.05, 3.63) is 47.8 Å². The van der Waals surface area contributed by atoms with Crippen LogP contribution in [0.25, 0.3) is 0 Å². The lowest BCUT2D eigenvalue weighted by Crippen LogP contribution is -2.36. The van der Waals surface area contributed by atoms with Crippen LogP contribution >= 0.6 is 0 Å². The van der Waals surface area contributed by atoms with Crippen LogP contribution in [-0.4, -0.2) is 65.4 Å². The molecule has 3 heterocycles. The number of benzene rings is 1. The molecule has 2 aliphatic heterocycles. The lowest BCUT2D eigenvalue weighted by molar-refractivity contribution is -0.132. The van der Waals surface area contributed by atoms with Crippen LogP contribution in [0.3, 0.4) is 0 Å². The van der Waals surface area contributed by atoms with Gasteiger partial charge in [0.25, 0.3) is 0 Å². The zero-order chi connectivity index (χ0) is 20.8. The number of fused-ring (bicyclic) bond motifs is 1. The van der Waals surface area contributed by atoms with Gasteiger partial charge in [-0.25, -0.2) is 0 Å². The number of hydrogen-bond donors (Lipinski definition) is 0. The first kappa shape index (κ1) is 20.9. The van der Waals surface area contributed by atoms with Gasteiger partial charge >= 0.3 is 0 Å². The maximum absolute atomic E-state index is 12.8. The number of carbonyl (C=O) groups excluding carboxylic acids is 1. The van der Waals surface area contributed by atoms with Crippen molar-refractivity contribution in [3.8, 4) is 5.75 Å². The average molecular weight is 413 g/mol. The Labute approximate surface area is 178 Å². The molecule has 7 heteroatoms. The molecule has 0 saturated carbocycles. The first-order valence-electron chi connectivity index (χ1n) is 10.9. The number of rotatable bonds is 7. The van der Waals surface area contributed by atoms with Crippen molar-refractivity contribution in [2.75, 3.05) is 40.0 Å². The maximum Gasteiger partial charge on any atom is 0.224 e. The number of carbonyl (C=O) groups is 1. The van der Waals surface area contributed by atoms with Crippen LogP contribution in [-0.2, 0) is 29.2 Å². The van der Waals surface area contributed by atoms with E-state index >= 15 is 0 Å². The third-order valence-electron chi connectivity index (χ3n) is 5.98. The Hall–Kier alpha value is -2.38. The fourth-order valence-electron chi connectivity index (χ4n) is 4.48. The normalized spacial score (nSPS) is 19.8. The molecule has 0 N–H and O–H groups in total. The Morgan fingerprint density at radius 2 is 2.27 bits per heavy atom. The Balaban J connectivity index is 1.38. The summed E-state index contributed by atoms with van der Waals surface area (Å²) in [4.78, 5) is 17.2. The van der Waals surface area contributed by atoms with E-state index in [4.69, 9.17) is 9.47 Å². The second-order valence-corrected chi connectivity index (χ2v) is 8.32. The van der Waals surface area contributed by atoms with Crippen LogP contribution < -0.4 is 4.74 Å². The molecule has 1 atom stereocenters. The third-order valence-corrected chi connectivity index (χ3v) is 5.98. The lowest BCUT2D eigenvalue weighted by Gasteiger charge is -2.32. The molecular formula is C23H32N4O3. The van der Waals surface area contributed by atoms with Crippen LogP contribution in [0.5, 0.6) is 5.75 Å². The third kappa shape index (κ3) is 5.40. The highest BCUT2D eigenvalue weighted by Gasteiger charge is 2.22. The van der Waals surface area contributed by atoms with Gasteiger partial charge in [0, 0.05) is 57.7 Å². The number of hydrogen-bond acceptors (Lipinski definition) is 5. The average Bonchev–Trinajstić information content (AvgIpc) is 3.18. The van der Waals surface area contributed by atoms with Crippen molar-refractivity contribution in [2.24, 2.45) is 5.92 Å². The lowest BCUT2D eigenvalue weighted by atomic mass is 9.98. The summed E-state index contributed by atoms with van der Waals surface area (Å²) >= 11 is 0. The Bertz CT molecular complexity index is 822. The molecule has 0 aliphatic carbocycles. The second kappa shape index (κ2) is 10.1. The van der Waals surface area contributed by atoms with E-state index in [1.54, 1.807) is 18.0 Å². The number of nitrogens with zero attached hydrogens (tertiary/aromatic N) is 4. The molecule has 7 nitrogen and oxygen atoms in total. The van der Waals surface area contributed by atoms with Gasteiger partial charge in [0.05, 0.1) is 13.2 Å². The van der Waals surface area contributed by atoms with Crippen molar-refractivity contribution in [1.82, 2.24) is 19.6 Å². The molecule has 1 amide bonds. The van der Waals surface area contributed by atoms with Crippen molar-refractivity contribution in [3.63, 3.8) is 0 Å². The van der Waals surface area contributed by atoms with Gasteiger partial charge in [-0.05, 0) is 49.1 Å². The highest BCUT2D eigenvalue weighted by molar-refractivity contribution is 5.76. The van der Waals surface area contributed by atoms with Crippen LogP contribution in [0.4, 0.5) is 0 Å². The van der Waals surface area contributed by atoms with Gasteiger partial charge in [-0.15, -0.1) is 0 Å². The van der Waals surface area contributed by atoms with E-state index in [0.717, 1.165) is 37.6 Å². The van der Waals surface area contributed by atoms with E-state index in [2.05, 4.69) is 28.2 Å². The SMILES string of the molecule is COCC1CCCN(Cc2ccc3c(c2)CN(C(=O)CCn2cccn2)CCO3)C1. The van der Waals surface area contributed by atoms with Crippen LogP contribution in [0.15, 0.2) is 36.7 Å². The zero-order valence-corrected chi connectivity index (χ0v) is 17.8. The molecular weight excluding hydrogens is 380 g/mol. The minimum atomic E-state index is 0.144. The standard InChI is InChI=1S/C23H32N4O3/c1-29-18-20-4-2-9-25(16-20)15-19-5-6-22-21(14-19)17-26(12-13-30-22)23(28)7-11-27-10-3-8-24-27/h3,5-6,8,10,14,20H,2,4,7,9,11-13,15-18H2,1H3. The molecule has 0 spiro atoms. The van der Waals surface area contributed by atoms with Gasteiger partial charge in [-0.1, -0.05) is 6.07 Å². The van der Waals surface area contributed by atoms with Gasteiger partial charge in [0.2, 0.25) is 5.91 Å². The highest BCUT2D eigenvalue weighted by Crippen LogP contribution is 2.26. The molecule has 2 aliphatic rings. The van der Waals surface area contributed by atoms with E-state index in [9.17, 15) is 4.79 Å². The molecule has 1 unspecified atom stereocenters. The second-order valence-electron chi connectivity index (χ2n) is 8.32. The summed E-state index contributed by atoms with van der Waals surface area (Å²) in [6.45, 7) is 6.34. The van der Waals surface area contributed by atoms with Crippen LogP contribution in [0.1, 0.15) is 30.4 Å².